The van der Waals surface area contributed by atoms with Crippen LogP contribution >= 0.6 is 0 Å². The summed E-state index contributed by atoms with van der Waals surface area (Å²) in [5.41, 5.74) is 8.38. The van der Waals surface area contributed by atoms with Crippen LogP contribution in [0.15, 0.2) is 30.6 Å². The van der Waals surface area contributed by atoms with Gasteiger partial charge in [0.1, 0.15) is 0 Å². The van der Waals surface area contributed by atoms with Gasteiger partial charge in [0.05, 0.1) is 23.6 Å². The number of nitrogens with two attached hydrogens (primary N) is 1. The van der Waals surface area contributed by atoms with Crippen molar-refractivity contribution in [3.63, 3.8) is 0 Å². The minimum absolute atomic E-state index is 0.0192. The molecule has 2 rings (SSSR count). The lowest BCUT2D eigenvalue weighted by Crippen LogP contribution is -2.30. The van der Waals surface area contributed by atoms with Gasteiger partial charge in [0.2, 0.25) is 0 Å². The highest BCUT2D eigenvalue weighted by Gasteiger charge is 2.12. The van der Waals surface area contributed by atoms with Crippen molar-refractivity contribution in [2.45, 2.75) is 33.2 Å². The number of aromatic nitrogens is 2. The second-order valence-electron chi connectivity index (χ2n) is 5.00. The maximum Gasteiger partial charge on any atom is 0.0773 e. The summed E-state index contributed by atoms with van der Waals surface area (Å²) in [6.07, 6.45) is 4.35. The van der Waals surface area contributed by atoms with E-state index in [2.05, 4.69) is 47.4 Å². The molecule has 0 aliphatic heterocycles. The normalized spacial score (nSPS) is 12.4. The van der Waals surface area contributed by atoms with Crippen molar-refractivity contribution in [3.8, 4) is 0 Å². The summed E-state index contributed by atoms with van der Waals surface area (Å²) in [4.78, 5) is 8.65. The van der Waals surface area contributed by atoms with E-state index in [1.165, 1.54) is 16.7 Å². The molecule has 1 aromatic heterocycles. The van der Waals surface area contributed by atoms with Crippen molar-refractivity contribution in [1.82, 2.24) is 15.4 Å². The molecule has 100 valence electrons. The second kappa shape index (κ2) is 5.91. The Morgan fingerprint density at radius 2 is 1.74 bits per heavy atom. The summed E-state index contributed by atoms with van der Waals surface area (Å²) in [6, 6.07) is 6.51. The Balaban J connectivity index is 2.21. The van der Waals surface area contributed by atoms with Gasteiger partial charge in [0.25, 0.3) is 0 Å². The zero-order chi connectivity index (χ0) is 13.8. The van der Waals surface area contributed by atoms with Crippen LogP contribution in [0, 0.1) is 20.8 Å². The van der Waals surface area contributed by atoms with E-state index in [0.717, 1.165) is 17.8 Å². The number of aryl methyl sites for hydroxylation is 3. The Morgan fingerprint density at radius 1 is 1.05 bits per heavy atom. The minimum atomic E-state index is -0.0192. The zero-order valence-electron chi connectivity index (χ0n) is 11.6. The molecule has 0 spiro atoms. The summed E-state index contributed by atoms with van der Waals surface area (Å²) < 4.78 is 0. The van der Waals surface area contributed by atoms with Gasteiger partial charge in [0, 0.05) is 6.20 Å². The SMILES string of the molecule is Cc1cc(C)cc(CC(NN)c2cnc(C)cn2)c1. The van der Waals surface area contributed by atoms with Crippen LogP contribution in [-0.4, -0.2) is 9.97 Å². The van der Waals surface area contributed by atoms with Crippen LogP contribution in [0.4, 0.5) is 0 Å². The molecule has 0 bridgehead atoms. The molecule has 0 aliphatic carbocycles. The first-order chi connectivity index (χ1) is 9.08. The number of benzene rings is 1. The molecule has 19 heavy (non-hydrogen) atoms. The lowest BCUT2D eigenvalue weighted by molar-refractivity contribution is 0.535. The monoisotopic (exact) mass is 256 g/mol. The van der Waals surface area contributed by atoms with E-state index in [1.807, 2.05) is 6.92 Å². The molecule has 0 aliphatic rings. The topological polar surface area (TPSA) is 63.8 Å². The predicted octanol–water partition coefficient (Wildman–Crippen LogP) is 2.15. The van der Waals surface area contributed by atoms with Crippen LogP contribution < -0.4 is 11.3 Å². The highest BCUT2D eigenvalue weighted by Crippen LogP contribution is 2.17. The minimum Gasteiger partial charge on any atom is -0.271 e. The second-order valence-corrected chi connectivity index (χ2v) is 5.00. The van der Waals surface area contributed by atoms with Gasteiger partial charge in [-0.3, -0.25) is 21.2 Å². The molecule has 4 nitrogen and oxygen atoms in total. The van der Waals surface area contributed by atoms with Gasteiger partial charge in [-0.1, -0.05) is 29.3 Å². The molecule has 0 fully saturated rings. The van der Waals surface area contributed by atoms with Gasteiger partial charge < -0.3 is 0 Å². The van der Waals surface area contributed by atoms with Crippen molar-refractivity contribution in [1.29, 1.82) is 0 Å². The third-order valence-corrected chi connectivity index (χ3v) is 3.08. The van der Waals surface area contributed by atoms with E-state index in [-0.39, 0.29) is 6.04 Å². The third-order valence-electron chi connectivity index (χ3n) is 3.08. The third kappa shape index (κ3) is 3.59. The molecule has 1 atom stereocenters. The first-order valence-electron chi connectivity index (χ1n) is 6.40. The molecule has 0 saturated carbocycles. The maximum absolute atomic E-state index is 5.65. The number of nitrogens with zero attached hydrogens (tertiary/aromatic N) is 2. The summed E-state index contributed by atoms with van der Waals surface area (Å²) >= 11 is 0. The lowest BCUT2D eigenvalue weighted by Gasteiger charge is -2.16. The molecule has 2 aromatic rings. The van der Waals surface area contributed by atoms with E-state index in [9.17, 15) is 0 Å². The molecule has 1 unspecified atom stereocenters. The quantitative estimate of drug-likeness (QED) is 0.650. The van der Waals surface area contributed by atoms with Crippen LogP contribution in [0.25, 0.3) is 0 Å². The summed E-state index contributed by atoms with van der Waals surface area (Å²) in [6.45, 7) is 6.13. The number of hydrogen-bond acceptors (Lipinski definition) is 4. The Labute approximate surface area is 114 Å². The van der Waals surface area contributed by atoms with E-state index >= 15 is 0 Å². The van der Waals surface area contributed by atoms with Crippen molar-refractivity contribution >= 4 is 0 Å². The molecule has 0 saturated heterocycles. The van der Waals surface area contributed by atoms with Gasteiger partial charge in [-0.05, 0) is 32.8 Å². The van der Waals surface area contributed by atoms with Crippen LogP contribution in [0.2, 0.25) is 0 Å². The Hall–Kier alpha value is -1.78. The van der Waals surface area contributed by atoms with Crippen molar-refractivity contribution < 1.29 is 0 Å². The van der Waals surface area contributed by atoms with E-state index in [1.54, 1.807) is 12.4 Å². The van der Waals surface area contributed by atoms with Crippen LogP contribution in [0.5, 0.6) is 0 Å². The smallest absolute Gasteiger partial charge is 0.0773 e. The highest BCUT2D eigenvalue weighted by atomic mass is 15.2. The average molecular weight is 256 g/mol. The van der Waals surface area contributed by atoms with Crippen LogP contribution in [0.1, 0.15) is 34.1 Å². The first-order valence-corrected chi connectivity index (χ1v) is 6.40. The van der Waals surface area contributed by atoms with E-state index < -0.39 is 0 Å². The van der Waals surface area contributed by atoms with E-state index in [0.29, 0.717) is 0 Å². The zero-order valence-corrected chi connectivity index (χ0v) is 11.6. The summed E-state index contributed by atoms with van der Waals surface area (Å²) in [5.74, 6) is 5.65. The van der Waals surface area contributed by atoms with E-state index in [4.69, 9.17) is 5.84 Å². The molecule has 0 amide bonds. The molecular weight excluding hydrogens is 236 g/mol. The molecule has 4 heteroatoms. The van der Waals surface area contributed by atoms with Crippen molar-refractivity contribution in [3.05, 3.63) is 58.7 Å². The van der Waals surface area contributed by atoms with Gasteiger partial charge in [-0.25, -0.2) is 0 Å². The lowest BCUT2D eigenvalue weighted by atomic mass is 10.00. The number of nitrogens with one attached hydrogen (secondary N) is 1. The van der Waals surface area contributed by atoms with Gasteiger partial charge in [-0.15, -0.1) is 0 Å². The molecular formula is C15H20N4. The Kier molecular flexibility index (Phi) is 4.24. The van der Waals surface area contributed by atoms with Crippen molar-refractivity contribution in [2.24, 2.45) is 5.84 Å². The predicted molar refractivity (Wildman–Crippen MR) is 76.5 cm³/mol. The van der Waals surface area contributed by atoms with Gasteiger partial charge >= 0.3 is 0 Å². The average Bonchev–Trinajstić information content (AvgIpc) is 2.36. The Morgan fingerprint density at radius 3 is 2.26 bits per heavy atom. The fraction of sp³-hybridized carbons (Fsp3) is 0.333. The highest BCUT2D eigenvalue weighted by molar-refractivity contribution is 5.29. The largest absolute Gasteiger partial charge is 0.271 e. The standard InChI is InChI=1S/C15H20N4/c1-10-4-11(2)6-13(5-10)7-14(19-16)15-9-17-12(3)8-18-15/h4-6,8-9,14,19H,7,16H2,1-3H3. The Bertz CT molecular complexity index is 528. The molecule has 1 aromatic carbocycles. The van der Waals surface area contributed by atoms with Crippen LogP contribution in [0.3, 0.4) is 0 Å². The summed E-state index contributed by atoms with van der Waals surface area (Å²) in [7, 11) is 0. The van der Waals surface area contributed by atoms with Crippen molar-refractivity contribution in [2.75, 3.05) is 0 Å². The fourth-order valence-electron chi connectivity index (χ4n) is 2.25. The fourth-order valence-corrected chi connectivity index (χ4v) is 2.25. The van der Waals surface area contributed by atoms with Gasteiger partial charge in [-0.2, -0.15) is 0 Å². The van der Waals surface area contributed by atoms with Crippen LogP contribution in [-0.2, 0) is 6.42 Å². The number of hydrogen-bond donors (Lipinski definition) is 2. The maximum atomic E-state index is 5.65. The molecule has 1 heterocycles. The number of hydrazine groups is 1. The summed E-state index contributed by atoms with van der Waals surface area (Å²) in [5, 5.41) is 0. The first kappa shape index (κ1) is 13.6. The molecule has 0 radical (unpaired) electrons. The molecule has 3 N–H and O–H groups in total. The van der Waals surface area contributed by atoms with Gasteiger partial charge in [0.15, 0.2) is 0 Å². The number of rotatable bonds is 4.